The number of halogens is 1. The highest BCUT2D eigenvalue weighted by Gasteiger charge is 2.27. The Hall–Kier alpha value is -2.85. The molecule has 2 heterocycles. The minimum Gasteiger partial charge on any atom is -0.507 e. The summed E-state index contributed by atoms with van der Waals surface area (Å²) in [6, 6.07) is 9.43. The van der Waals surface area contributed by atoms with E-state index in [4.69, 9.17) is 5.11 Å². The highest BCUT2D eigenvalue weighted by Crippen LogP contribution is 2.28. The van der Waals surface area contributed by atoms with Gasteiger partial charge in [-0.05, 0) is 37.1 Å². The number of hydrogen-bond acceptors (Lipinski definition) is 6. The van der Waals surface area contributed by atoms with Gasteiger partial charge in [0.2, 0.25) is 10.0 Å². The van der Waals surface area contributed by atoms with E-state index in [9.17, 15) is 22.7 Å². The van der Waals surface area contributed by atoms with Gasteiger partial charge in [0.1, 0.15) is 17.1 Å². The summed E-state index contributed by atoms with van der Waals surface area (Å²) in [6.45, 7) is 2.98. The van der Waals surface area contributed by atoms with E-state index in [2.05, 4.69) is 0 Å². The van der Waals surface area contributed by atoms with Gasteiger partial charge in [-0.1, -0.05) is 6.07 Å². The highest BCUT2D eigenvalue weighted by atomic mass is 32.2. The van der Waals surface area contributed by atoms with E-state index < -0.39 is 21.8 Å². The topological polar surface area (TPSA) is 101 Å². The zero-order valence-electron chi connectivity index (χ0n) is 17.6. The van der Waals surface area contributed by atoms with Gasteiger partial charge in [-0.15, -0.1) is 0 Å². The Morgan fingerprint density at radius 2 is 1.56 bits per heavy atom. The summed E-state index contributed by atoms with van der Waals surface area (Å²) >= 11 is 0. The van der Waals surface area contributed by atoms with Gasteiger partial charge in [-0.25, -0.2) is 17.6 Å². The molecule has 2 aromatic rings. The summed E-state index contributed by atoms with van der Waals surface area (Å²) in [5.74, 6) is -1.75. The van der Waals surface area contributed by atoms with Crippen LogP contribution in [-0.2, 0) is 16.6 Å². The molecule has 0 aliphatic carbocycles. The zero-order chi connectivity index (χ0) is 22.9. The molecule has 0 atom stereocenters. The van der Waals surface area contributed by atoms with Crippen molar-refractivity contribution in [2.45, 2.75) is 19.4 Å². The molecular weight excluding hydrogens is 437 g/mol. The van der Waals surface area contributed by atoms with Crippen molar-refractivity contribution in [1.29, 1.82) is 0 Å². The van der Waals surface area contributed by atoms with Crippen molar-refractivity contribution in [2.24, 2.45) is 0 Å². The van der Waals surface area contributed by atoms with E-state index in [1.54, 1.807) is 12.1 Å². The third kappa shape index (κ3) is 4.66. The lowest BCUT2D eigenvalue weighted by Crippen LogP contribution is -2.46. The van der Waals surface area contributed by atoms with Crippen LogP contribution >= 0.6 is 0 Å². The third-order valence-electron chi connectivity index (χ3n) is 6.06. The molecule has 0 radical (unpaired) electrons. The molecule has 8 nitrogen and oxygen atoms in total. The molecular formula is C22H26FN3O5S. The Kier molecular flexibility index (Phi) is 6.25. The average Bonchev–Trinajstić information content (AvgIpc) is 2.76. The number of sulfonamides is 1. The van der Waals surface area contributed by atoms with E-state index in [0.717, 1.165) is 17.8 Å². The van der Waals surface area contributed by atoms with E-state index in [-0.39, 0.29) is 23.6 Å². The fraction of sp³-hybridized carbons (Fsp3) is 0.409. The van der Waals surface area contributed by atoms with E-state index in [1.807, 2.05) is 15.9 Å². The lowest BCUT2D eigenvalue weighted by Gasteiger charge is -2.37. The lowest BCUT2D eigenvalue weighted by molar-refractivity contribution is 0.0693. The number of anilines is 2. The summed E-state index contributed by atoms with van der Waals surface area (Å²) in [7, 11) is -3.31. The van der Waals surface area contributed by atoms with Gasteiger partial charge >= 0.3 is 5.97 Å². The first-order valence-corrected chi connectivity index (χ1v) is 12.2. The van der Waals surface area contributed by atoms with Crippen molar-refractivity contribution in [2.75, 3.05) is 48.3 Å². The lowest BCUT2D eigenvalue weighted by atomic mass is 10.1. The number of aromatic hydroxyl groups is 1. The van der Waals surface area contributed by atoms with Crippen molar-refractivity contribution in [3.8, 4) is 5.75 Å². The van der Waals surface area contributed by atoms with Gasteiger partial charge in [-0.3, -0.25) is 0 Å². The van der Waals surface area contributed by atoms with Crippen LogP contribution in [-0.4, -0.2) is 67.4 Å². The molecule has 2 aromatic carbocycles. The van der Waals surface area contributed by atoms with Gasteiger partial charge in [0.15, 0.2) is 0 Å². The Morgan fingerprint density at radius 1 is 0.938 bits per heavy atom. The number of nitrogens with zero attached hydrogens (tertiary/aromatic N) is 3. The molecule has 0 bridgehead atoms. The van der Waals surface area contributed by atoms with Gasteiger partial charge in [-0.2, -0.15) is 4.31 Å². The summed E-state index contributed by atoms with van der Waals surface area (Å²) in [4.78, 5) is 15.1. The predicted molar refractivity (Wildman–Crippen MR) is 119 cm³/mol. The molecule has 2 fully saturated rings. The third-order valence-corrected chi connectivity index (χ3v) is 7.96. The van der Waals surface area contributed by atoms with Crippen LogP contribution in [0.25, 0.3) is 0 Å². The first-order valence-electron chi connectivity index (χ1n) is 10.6. The zero-order valence-corrected chi connectivity index (χ0v) is 18.4. The molecule has 2 aliphatic heterocycles. The van der Waals surface area contributed by atoms with Crippen LogP contribution in [0.4, 0.5) is 15.8 Å². The molecule has 0 spiro atoms. The van der Waals surface area contributed by atoms with Crippen LogP contribution in [0.5, 0.6) is 5.75 Å². The Bertz CT molecular complexity index is 1120. The van der Waals surface area contributed by atoms with Crippen LogP contribution in [0.1, 0.15) is 28.8 Å². The monoisotopic (exact) mass is 463 g/mol. The second kappa shape index (κ2) is 8.95. The second-order valence-electron chi connectivity index (χ2n) is 8.11. The molecule has 2 N–H and O–H groups in total. The number of rotatable bonds is 5. The number of carbonyl (C=O) groups is 1. The molecule has 172 valence electrons. The molecule has 0 aromatic heterocycles. The fourth-order valence-electron chi connectivity index (χ4n) is 4.19. The molecule has 0 amide bonds. The Morgan fingerprint density at radius 3 is 2.12 bits per heavy atom. The normalized spacial score (nSPS) is 19.2. The van der Waals surface area contributed by atoms with Gasteiger partial charge in [0, 0.05) is 62.3 Å². The minimum atomic E-state index is -3.31. The Labute approximate surface area is 186 Å². The molecule has 10 heteroatoms. The molecule has 4 rings (SSSR count). The number of phenols is 1. The maximum Gasteiger partial charge on any atom is 0.339 e. The highest BCUT2D eigenvalue weighted by molar-refractivity contribution is 7.89. The predicted octanol–water partition coefficient (Wildman–Crippen LogP) is 2.48. The van der Waals surface area contributed by atoms with Crippen molar-refractivity contribution in [1.82, 2.24) is 4.31 Å². The molecule has 0 unspecified atom stereocenters. The second-order valence-corrected chi connectivity index (χ2v) is 10.2. The number of carboxylic acid groups (broad SMARTS) is 1. The smallest absolute Gasteiger partial charge is 0.339 e. The minimum absolute atomic E-state index is 0.0536. The number of benzene rings is 2. The number of aromatic carboxylic acids is 1. The average molecular weight is 464 g/mol. The van der Waals surface area contributed by atoms with Crippen molar-refractivity contribution >= 4 is 27.4 Å². The van der Waals surface area contributed by atoms with E-state index in [1.165, 1.54) is 22.5 Å². The SMILES string of the molecule is O=C(O)c1ccc(N2CCN(c3ccc(CN4CCCCS4(=O)=O)c(F)c3)CC2)cc1O. The number of carboxylic acids is 1. The summed E-state index contributed by atoms with van der Waals surface area (Å²) in [5.41, 5.74) is 1.69. The first kappa shape index (κ1) is 22.3. The van der Waals surface area contributed by atoms with Crippen LogP contribution in [0.15, 0.2) is 36.4 Å². The van der Waals surface area contributed by atoms with Crippen LogP contribution < -0.4 is 9.80 Å². The summed E-state index contributed by atoms with van der Waals surface area (Å²) in [5, 5.41) is 19.0. The van der Waals surface area contributed by atoms with E-state index >= 15 is 0 Å². The van der Waals surface area contributed by atoms with Crippen molar-refractivity contribution < 1.29 is 27.8 Å². The van der Waals surface area contributed by atoms with E-state index in [0.29, 0.717) is 44.7 Å². The maximum absolute atomic E-state index is 14.8. The van der Waals surface area contributed by atoms with Crippen molar-refractivity contribution in [3.05, 3.63) is 53.3 Å². The molecule has 32 heavy (non-hydrogen) atoms. The van der Waals surface area contributed by atoms with Crippen LogP contribution in [0, 0.1) is 5.82 Å². The quantitative estimate of drug-likeness (QED) is 0.703. The molecule has 2 saturated heterocycles. The number of hydrogen-bond donors (Lipinski definition) is 2. The first-order chi connectivity index (χ1) is 15.2. The molecule has 0 saturated carbocycles. The van der Waals surface area contributed by atoms with Crippen LogP contribution in [0.3, 0.4) is 0 Å². The van der Waals surface area contributed by atoms with Gasteiger partial charge in [0.25, 0.3) is 0 Å². The standard InChI is InChI=1S/C22H26FN3O5S/c23-20-13-17(4-3-16(20)15-26-7-1-2-12-32(26,30)31)24-8-10-25(11-9-24)18-5-6-19(22(28)29)21(27)14-18/h3-6,13-14,27H,1-2,7-12,15H2,(H,28,29). The van der Waals surface area contributed by atoms with Crippen LogP contribution in [0.2, 0.25) is 0 Å². The maximum atomic E-state index is 14.8. The number of piperazine rings is 1. The molecule has 2 aliphatic rings. The van der Waals surface area contributed by atoms with Gasteiger partial charge < -0.3 is 20.0 Å². The van der Waals surface area contributed by atoms with Crippen molar-refractivity contribution in [3.63, 3.8) is 0 Å². The summed E-state index contributed by atoms with van der Waals surface area (Å²) in [6.07, 6.45) is 1.44. The Balaban J connectivity index is 1.40. The largest absolute Gasteiger partial charge is 0.507 e. The van der Waals surface area contributed by atoms with Gasteiger partial charge in [0.05, 0.1) is 5.75 Å². The summed E-state index contributed by atoms with van der Waals surface area (Å²) < 4.78 is 40.5. The fourth-order valence-corrected chi connectivity index (χ4v) is 5.76.